The van der Waals surface area contributed by atoms with Gasteiger partial charge in [0.05, 0.1) is 4.90 Å². The van der Waals surface area contributed by atoms with Crippen LogP contribution in [0.5, 0.6) is 0 Å². The van der Waals surface area contributed by atoms with E-state index in [0.717, 1.165) is 12.5 Å². The predicted octanol–water partition coefficient (Wildman–Crippen LogP) is 2.67. The highest BCUT2D eigenvalue weighted by Crippen LogP contribution is 2.50. The monoisotopic (exact) mass is 394 g/mol. The summed E-state index contributed by atoms with van der Waals surface area (Å²) in [4.78, 5) is 3.54. The molecule has 1 aliphatic carbocycles. The number of aromatic nitrogens is 1. The summed E-state index contributed by atoms with van der Waals surface area (Å²) in [5, 5.41) is 11.4. The number of pyridine rings is 1. The van der Waals surface area contributed by atoms with E-state index >= 15 is 0 Å². The molecule has 5 nitrogen and oxygen atoms in total. The topological polar surface area (TPSA) is 70.5 Å². The van der Waals surface area contributed by atoms with Crippen LogP contribution in [0, 0.1) is 23.6 Å². The molecular formula is C19H20F2N2O3S. The van der Waals surface area contributed by atoms with Crippen LogP contribution in [0.2, 0.25) is 0 Å². The van der Waals surface area contributed by atoms with E-state index < -0.39 is 39.2 Å². The van der Waals surface area contributed by atoms with E-state index in [1.54, 1.807) is 6.07 Å². The molecule has 1 aliphatic heterocycles. The minimum absolute atomic E-state index is 0.0557. The fraction of sp³-hybridized carbons (Fsp3) is 0.421. The Balaban J connectivity index is 1.71. The van der Waals surface area contributed by atoms with Crippen LogP contribution in [0.1, 0.15) is 24.8 Å². The highest BCUT2D eigenvalue weighted by molar-refractivity contribution is 7.89. The van der Waals surface area contributed by atoms with Gasteiger partial charge in [0.2, 0.25) is 16.0 Å². The van der Waals surface area contributed by atoms with Gasteiger partial charge in [-0.1, -0.05) is 18.6 Å². The lowest BCUT2D eigenvalue weighted by atomic mass is 9.63. The minimum Gasteiger partial charge on any atom is -0.384 e. The van der Waals surface area contributed by atoms with E-state index in [-0.39, 0.29) is 23.5 Å². The van der Waals surface area contributed by atoms with E-state index in [2.05, 4.69) is 4.98 Å². The van der Waals surface area contributed by atoms with Gasteiger partial charge in [0.25, 0.3) is 0 Å². The second-order valence-electron chi connectivity index (χ2n) is 7.27. The highest BCUT2D eigenvalue weighted by atomic mass is 32.2. The van der Waals surface area contributed by atoms with E-state index in [9.17, 15) is 22.3 Å². The van der Waals surface area contributed by atoms with Crippen LogP contribution in [-0.4, -0.2) is 35.9 Å². The molecule has 8 heteroatoms. The van der Waals surface area contributed by atoms with Gasteiger partial charge in [0.15, 0.2) is 0 Å². The second kappa shape index (κ2) is 6.61. The van der Waals surface area contributed by atoms with Crippen LogP contribution >= 0.6 is 0 Å². The molecule has 1 N–H and O–H groups in total. The number of sulfonamides is 1. The molecule has 2 fully saturated rings. The molecule has 4 rings (SSSR count). The summed E-state index contributed by atoms with van der Waals surface area (Å²) in [6.45, 7) is 0.111. The van der Waals surface area contributed by atoms with E-state index in [1.165, 1.54) is 34.8 Å². The largest absolute Gasteiger partial charge is 0.384 e. The van der Waals surface area contributed by atoms with Crippen LogP contribution in [0.3, 0.4) is 0 Å². The normalized spacial score (nSPS) is 28.9. The van der Waals surface area contributed by atoms with E-state index in [1.807, 2.05) is 0 Å². The number of aliphatic hydroxyl groups is 1. The first-order valence-electron chi connectivity index (χ1n) is 8.92. The molecule has 144 valence electrons. The quantitative estimate of drug-likeness (QED) is 0.813. The molecule has 2 heterocycles. The summed E-state index contributed by atoms with van der Waals surface area (Å²) in [6, 6.07) is 7.98. The van der Waals surface area contributed by atoms with Gasteiger partial charge in [-0.3, -0.25) is 0 Å². The van der Waals surface area contributed by atoms with Crippen molar-refractivity contribution in [2.75, 3.05) is 13.1 Å². The Kier molecular flexibility index (Phi) is 4.52. The Hall–Kier alpha value is -1.90. The maximum atomic E-state index is 14.3. The standard InChI is InChI=1S/C19H20F2N2O3S/c20-15-6-2-7-16(10-15)27(25,26)23-11-13-4-1-5-14(12-23)19(13,24)17-8-3-9-22-18(17)21/h2-3,6-10,13-14,24H,1,4-5,11-12H2/t13-,14+,19?. The van der Waals surface area contributed by atoms with Gasteiger partial charge in [-0.05, 0) is 37.1 Å². The molecule has 27 heavy (non-hydrogen) atoms. The van der Waals surface area contributed by atoms with Gasteiger partial charge < -0.3 is 5.11 Å². The van der Waals surface area contributed by atoms with Crippen LogP contribution in [0.25, 0.3) is 0 Å². The summed E-state index contributed by atoms with van der Waals surface area (Å²) < 4.78 is 55.1. The number of benzene rings is 1. The molecule has 0 spiro atoms. The van der Waals surface area contributed by atoms with Crippen molar-refractivity contribution in [3.63, 3.8) is 0 Å². The number of fused-ring (bicyclic) bond motifs is 2. The third-order valence-electron chi connectivity index (χ3n) is 5.82. The minimum atomic E-state index is -3.90. The van der Waals surface area contributed by atoms with Crippen molar-refractivity contribution in [2.45, 2.75) is 29.8 Å². The molecule has 1 aromatic carbocycles. The van der Waals surface area contributed by atoms with Crippen molar-refractivity contribution in [1.29, 1.82) is 0 Å². The lowest BCUT2D eigenvalue weighted by Crippen LogP contribution is -2.59. The lowest BCUT2D eigenvalue weighted by molar-refractivity contribution is -0.135. The van der Waals surface area contributed by atoms with Gasteiger partial charge in [0, 0.05) is 36.7 Å². The average Bonchev–Trinajstić information content (AvgIpc) is 2.61. The number of nitrogens with zero attached hydrogens (tertiary/aromatic N) is 2. The van der Waals surface area contributed by atoms with Crippen molar-refractivity contribution < 1.29 is 22.3 Å². The fourth-order valence-corrected chi connectivity index (χ4v) is 6.07. The van der Waals surface area contributed by atoms with Gasteiger partial charge in [-0.2, -0.15) is 8.70 Å². The van der Waals surface area contributed by atoms with Crippen molar-refractivity contribution in [1.82, 2.24) is 9.29 Å². The first-order valence-corrected chi connectivity index (χ1v) is 10.4. The summed E-state index contributed by atoms with van der Waals surface area (Å²) >= 11 is 0. The van der Waals surface area contributed by atoms with Gasteiger partial charge in [0.1, 0.15) is 11.4 Å². The Morgan fingerprint density at radius 1 is 1.11 bits per heavy atom. The predicted molar refractivity (Wildman–Crippen MR) is 94.1 cm³/mol. The number of hydrogen-bond acceptors (Lipinski definition) is 4. The maximum absolute atomic E-state index is 14.3. The van der Waals surface area contributed by atoms with Crippen molar-refractivity contribution in [3.8, 4) is 0 Å². The lowest BCUT2D eigenvalue weighted by Gasteiger charge is -2.52. The smallest absolute Gasteiger partial charge is 0.243 e. The third-order valence-corrected chi connectivity index (χ3v) is 7.65. The van der Waals surface area contributed by atoms with Crippen LogP contribution in [0.15, 0.2) is 47.5 Å². The zero-order chi connectivity index (χ0) is 19.2. The zero-order valence-electron chi connectivity index (χ0n) is 14.6. The Morgan fingerprint density at radius 2 is 1.81 bits per heavy atom. The maximum Gasteiger partial charge on any atom is 0.243 e. The van der Waals surface area contributed by atoms with Crippen LogP contribution in [-0.2, 0) is 15.6 Å². The van der Waals surface area contributed by atoms with Gasteiger partial charge in [-0.25, -0.2) is 17.8 Å². The van der Waals surface area contributed by atoms with Gasteiger partial charge in [-0.15, -0.1) is 0 Å². The second-order valence-corrected chi connectivity index (χ2v) is 9.21. The number of hydrogen-bond donors (Lipinski definition) is 1. The molecule has 1 aromatic heterocycles. The Morgan fingerprint density at radius 3 is 2.44 bits per heavy atom. The van der Waals surface area contributed by atoms with Gasteiger partial charge >= 0.3 is 0 Å². The highest BCUT2D eigenvalue weighted by Gasteiger charge is 2.54. The fourth-order valence-electron chi connectivity index (χ4n) is 4.51. The molecular weight excluding hydrogens is 374 g/mol. The molecule has 0 radical (unpaired) electrons. The SMILES string of the molecule is O=S(=O)(c1cccc(F)c1)N1C[C@H]2CCC[C@@H](C1)C2(O)c1cccnc1F. The summed E-state index contributed by atoms with van der Waals surface area (Å²) in [6.07, 6.45) is 3.32. The summed E-state index contributed by atoms with van der Waals surface area (Å²) in [5.74, 6) is -2.25. The number of halogens is 2. The van der Waals surface area contributed by atoms with Crippen molar-refractivity contribution >= 4 is 10.0 Å². The van der Waals surface area contributed by atoms with Crippen LogP contribution in [0.4, 0.5) is 8.78 Å². The van der Waals surface area contributed by atoms with E-state index in [0.29, 0.717) is 12.8 Å². The Bertz CT molecular complexity index is 953. The number of rotatable bonds is 3. The molecule has 3 atom stereocenters. The van der Waals surface area contributed by atoms with E-state index in [4.69, 9.17) is 0 Å². The molecule has 1 saturated carbocycles. The Labute approximate surface area is 156 Å². The van der Waals surface area contributed by atoms with Crippen molar-refractivity contribution in [2.24, 2.45) is 11.8 Å². The molecule has 2 aliphatic rings. The first kappa shape index (κ1) is 18.5. The molecule has 0 amide bonds. The summed E-state index contributed by atoms with van der Waals surface area (Å²) in [5.41, 5.74) is -1.33. The third kappa shape index (κ3) is 2.96. The van der Waals surface area contributed by atoms with Crippen LogP contribution < -0.4 is 0 Å². The molecule has 1 saturated heterocycles. The number of piperidine rings is 1. The van der Waals surface area contributed by atoms with Crippen molar-refractivity contribution in [3.05, 3.63) is 59.9 Å². The first-order chi connectivity index (χ1) is 12.8. The average molecular weight is 394 g/mol. The summed E-state index contributed by atoms with van der Waals surface area (Å²) in [7, 11) is -3.90. The molecule has 2 aromatic rings. The molecule has 1 unspecified atom stereocenters. The molecule has 2 bridgehead atoms. The zero-order valence-corrected chi connectivity index (χ0v) is 15.4.